The highest BCUT2D eigenvalue weighted by Crippen LogP contribution is 2.39. The molecule has 0 saturated heterocycles. The van der Waals surface area contributed by atoms with Crippen molar-refractivity contribution in [3.05, 3.63) is 56.3 Å². The van der Waals surface area contributed by atoms with Crippen molar-refractivity contribution in [3.63, 3.8) is 0 Å². The second-order valence-electron chi connectivity index (χ2n) is 7.59. The van der Waals surface area contributed by atoms with Crippen LogP contribution >= 0.6 is 11.3 Å². The molecule has 0 spiro atoms. The summed E-state index contributed by atoms with van der Waals surface area (Å²) in [4.78, 5) is 36.4. The van der Waals surface area contributed by atoms with Crippen LogP contribution < -0.4 is 5.32 Å². The highest BCUT2D eigenvalue weighted by Gasteiger charge is 2.29. The van der Waals surface area contributed by atoms with E-state index in [1.807, 2.05) is 0 Å². The van der Waals surface area contributed by atoms with Crippen molar-refractivity contribution < 1.29 is 23.7 Å². The van der Waals surface area contributed by atoms with Crippen LogP contribution in [0.1, 0.15) is 47.0 Å². The largest absolute Gasteiger partial charge is 0.452 e. The van der Waals surface area contributed by atoms with Gasteiger partial charge in [0.2, 0.25) is 11.8 Å². The van der Waals surface area contributed by atoms with Crippen LogP contribution in [0.3, 0.4) is 0 Å². The Morgan fingerprint density at radius 2 is 2.00 bits per heavy atom. The van der Waals surface area contributed by atoms with E-state index in [2.05, 4.69) is 15.5 Å². The summed E-state index contributed by atoms with van der Waals surface area (Å²) in [7, 11) is 0. The summed E-state index contributed by atoms with van der Waals surface area (Å²) in [6.07, 6.45) is 2.60. The zero-order chi connectivity index (χ0) is 22.8. The Bertz CT molecular complexity index is 1180. The van der Waals surface area contributed by atoms with Gasteiger partial charge in [0, 0.05) is 28.5 Å². The van der Waals surface area contributed by atoms with Gasteiger partial charge in [0.05, 0.1) is 10.5 Å². The molecule has 2 aromatic heterocycles. The number of carbonyl (C=O) groups excluding carboxylic acids is 2. The maximum atomic E-state index is 12.9. The lowest BCUT2D eigenvalue weighted by atomic mass is 10.1. The molecule has 0 bridgehead atoms. The molecule has 0 unspecified atom stereocenters. The number of rotatable bonds is 7. The molecule has 4 rings (SSSR count). The summed E-state index contributed by atoms with van der Waals surface area (Å²) >= 11 is 1.42. The molecular weight excluding hydrogens is 436 g/mol. The first-order valence-electron chi connectivity index (χ1n) is 10.0. The summed E-state index contributed by atoms with van der Waals surface area (Å²) in [5.74, 6) is -0.687. The fraction of sp³-hybridized carbons (Fsp3) is 0.333. The van der Waals surface area contributed by atoms with Crippen LogP contribution in [0.2, 0.25) is 0 Å². The Kier molecular flexibility index (Phi) is 5.99. The Morgan fingerprint density at radius 3 is 2.69 bits per heavy atom. The van der Waals surface area contributed by atoms with E-state index in [1.54, 1.807) is 13.8 Å². The molecule has 11 heteroatoms. The van der Waals surface area contributed by atoms with Crippen LogP contribution in [0.15, 0.2) is 28.7 Å². The van der Waals surface area contributed by atoms with Gasteiger partial charge in [0.15, 0.2) is 6.61 Å². The van der Waals surface area contributed by atoms with E-state index in [0.717, 1.165) is 29.7 Å². The summed E-state index contributed by atoms with van der Waals surface area (Å²) in [5.41, 5.74) is 1.78. The molecular formula is C21H20N4O6S. The van der Waals surface area contributed by atoms with E-state index in [9.17, 15) is 19.7 Å². The van der Waals surface area contributed by atoms with Crippen molar-refractivity contribution in [2.24, 2.45) is 5.92 Å². The number of aryl methyl sites for hydroxylation is 1. The van der Waals surface area contributed by atoms with Crippen molar-refractivity contribution in [2.75, 3.05) is 5.32 Å². The zero-order valence-electron chi connectivity index (χ0n) is 17.4. The second-order valence-corrected chi connectivity index (χ2v) is 8.69. The highest BCUT2D eigenvalue weighted by atomic mass is 32.1. The van der Waals surface area contributed by atoms with Crippen molar-refractivity contribution in [1.82, 2.24) is 10.2 Å². The lowest BCUT2D eigenvalue weighted by molar-refractivity contribution is -0.384. The summed E-state index contributed by atoms with van der Waals surface area (Å²) in [5, 5.41) is 21.9. The summed E-state index contributed by atoms with van der Waals surface area (Å²) in [6.45, 7) is 3.33. The second kappa shape index (κ2) is 8.87. The molecule has 1 aromatic carbocycles. The molecule has 1 aliphatic carbocycles. The number of non-ortho nitro benzene ring substituents is 1. The fourth-order valence-corrected chi connectivity index (χ4v) is 4.60. The van der Waals surface area contributed by atoms with Crippen molar-refractivity contribution in [2.45, 2.75) is 39.7 Å². The molecule has 3 aromatic rings. The number of amides is 1. The first-order valence-corrected chi connectivity index (χ1v) is 10.8. The van der Waals surface area contributed by atoms with Crippen LogP contribution in [0.5, 0.6) is 0 Å². The van der Waals surface area contributed by atoms with Gasteiger partial charge in [0.1, 0.15) is 5.00 Å². The predicted molar refractivity (Wildman–Crippen MR) is 115 cm³/mol. The molecule has 1 amide bonds. The number of carbonyl (C=O) groups is 2. The van der Waals surface area contributed by atoms with E-state index in [1.165, 1.54) is 35.6 Å². The number of aromatic nitrogens is 2. The number of hydrogen-bond donors (Lipinski definition) is 1. The number of nitrogens with one attached hydrogen (secondary N) is 1. The van der Waals surface area contributed by atoms with Gasteiger partial charge in [0.25, 0.3) is 11.6 Å². The Hall–Kier alpha value is -3.60. The number of fused-ring (bicyclic) bond motifs is 1. The first-order chi connectivity index (χ1) is 15.3. The van der Waals surface area contributed by atoms with Crippen LogP contribution in [-0.2, 0) is 29.0 Å². The third-order valence-corrected chi connectivity index (χ3v) is 6.21. The predicted octanol–water partition coefficient (Wildman–Crippen LogP) is 4.15. The van der Waals surface area contributed by atoms with Gasteiger partial charge >= 0.3 is 5.97 Å². The third-order valence-electron chi connectivity index (χ3n) is 5.01. The molecule has 0 saturated carbocycles. The van der Waals surface area contributed by atoms with Gasteiger partial charge in [-0.3, -0.25) is 14.9 Å². The number of nitro benzene ring substituents is 1. The molecule has 0 radical (unpaired) electrons. The lowest BCUT2D eigenvalue weighted by Crippen LogP contribution is -2.19. The van der Waals surface area contributed by atoms with Gasteiger partial charge in [-0.05, 0) is 37.0 Å². The third kappa shape index (κ3) is 4.37. The molecule has 0 atom stereocenters. The van der Waals surface area contributed by atoms with E-state index in [-0.39, 0.29) is 35.9 Å². The van der Waals surface area contributed by atoms with Gasteiger partial charge in [-0.25, -0.2) is 4.79 Å². The van der Waals surface area contributed by atoms with Gasteiger partial charge in [-0.2, -0.15) is 0 Å². The van der Waals surface area contributed by atoms with Crippen molar-refractivity contribution in [3.8, 4) is 11.5 Å². The number of benzene rings is 1. The van der Waals surface area contributed by atoms with E-state index >= 15 is 0 Å². The van der Waals surface area contributed by atoms with Gasteiger partial charge < -0.3 is 14.5 Å². The highest BCUT2D eigenvalue weighted by molar-refractivity contribution is 7.17. The maximum Gasteiger partial charge on any atom is 0.341 e. The zero-order valence-corrected chi connectivity index (χ0v) is 18.2. The quantitative estimate of drug-likeness (QED) is 0.318. The van der Waals surface area contributed by atoms with E-state index < -0.39 is 10.9 Å². The number of ether oxygens (including phenoxy) is 1. The molecule has 32 heavy (non-hydrogen) atoms. The van der Waals surface area contributed by atoms with Crippen LogP contribution in [0.4, 0.5) is 10.7 Å². The van der Waals surface area contributed by atoms with E-state index in [0.29, 0.717) is 16.1 Å². The Balaban J connectivity index is 1.47. The average molecular weight is 456 g/mol. The molecule has 0 aliphatic heterocycles. The standard InChI is InChI=1S/C21H20N4O6S/c1-11(2)18(26)22-20-17(14-4-3-5-15(14)32-20)21(27)30-10-16-23-24-19(31-16)12-6-8-13(9-7-12)25(28)29/h6-9,11H,3-5,10H2,1-2H3,(H,22,26). The van der Waals surface area contributed by atoms with Crippen molar-refractivity contribution in [1.29, 1.82) is 0 Å². The normalized spacial score (nSPS) is 12.6. The molecule has 1 aliphatic rings. The Morgan fingerprint density at radius 1 is 1.25 bits per heavy atom. The van der Waals surface area contributed by atoms with Gasteiger partial charge in [-0.15, -0.1) is 21.5 Å². The molecule has 166 valence electrons. The van der Waals surface area contributed by atoms with Crippen molar-refractivity contribution >= 4 is 33.9 Å². The minimum atomic E-state index is -0.557. The van der Waals surface area contributed by atoms with Gasteiger partial charge in [-0.1, -0.05) is 13.8 Å². The Labute approximate surface area is 186 Å². The number of nitro groups is 1. The topological polar surface area (TPSA) is 137 Å². The monoisotopic (exact) mass is 456 g/mol. The number of anilines is 1. The van der Waals surface area contributed by atoms with E-state index in [4.69, 9.17) is 9.15 Å². The minimum absolute atomic E-state index is 0.0499. The lowest BCUT2D eigenvalue weighted by Gasteiger charge is -2.09. The minimum Gasteiger partial charge on any atom is -0.452 e. The SMILES string of the molecule is CC(C)C(=O)Nc1sc2c(c1C(=O)OCc1nnc(-c3ccc([N+](=O)[O-])cc3)o1)CCC2. The van der Waals surface area contributed by atoms with Crippen LogP contribution in [0, 0.1) is 16.0 Å². The average Bonchev–Trinajstić information content (AvgIpc) is 3.48. The van der Waals surface area contributed by atoms with Crippen LogP contribution in [-0.4, -0.2) is 27.0 Å². The smallest absolute Gasteiger partial charge is 0.341 e. The molecule has 10 nitrogen and oxygen atoms in total. The molecule has 0 fully saturated rings. The number of thiophene rings is 1. The molecule has 1 N–H and O–H groups in total. The maximum absolute atomic E-state index is 12.9. The summed E-state index contributed by atoms with van der Waals surface area (Å²) < 4.78 is 10.9. The fourth-order valence-electron chi connectivity index (χ4n) is 3.32. The number of nitrogens with zero attached hydrogens (tertiary/aromatic N) is 3. The number of esters is 1. The summed E-state index contributed by atoms with van der Waals surface area (Å²) in [6, 6.07) is 5.67. The molecule has 2 heterocycles. The van der Waals surface area contributed by atoms with Crippen LogP contribution in [0.25, 0.3) is 11.5 Å². The number of hydrogen-bond acceptors (Lipinski definition) is 9. The first kappa shape index (κ1) is 21.6.